The van der Waals surface area contributed by atoms with Crippen LogP contribution in [0.4, 0.5) is 0 Å². The molecule has 0 atom stereocenters. The second-order valence-electron chi connectivity index (χ2n) is 4.36. The molecule has 0 spiro atoms. The fourth-order valence-electron chi connectivity index (χ4n) is 1.92. The summed E-state index contributed by atoms with van der Waals surface area (Å²) in [6.07, 6.45) is 1.97. The molecule has 0 fully saturated rings. The van der Waals surface area contributed by atoms with Crippen LogP contribution in [0.2, 0.25) is 0 Å². The van der Waals surface area contributed by atoms with Crippen LogP contribution in [0.5, 0.6) is 0 Å². The lowest BCUT2D eigenvalue weighted by Gasteiger charge is -1.99. The van der Waals surface area contributed by atoms with E-state index in [0.29, 0.717) is 0 Å². The molecule has 98 valence electrons. The third kappa shape index (κ3) is 3.12. The monoisotopic (exact) mass is 289 g/mol. The smallest absolute Gasteiger partial charge is 0.0762 e. The van der Waals surface area contributed by atoms with Gasteiger partial charge in [0.05, 0.1) is 5.69 Å². The Balaban J connectivity index is 1.56. The molecule has 0 aliphatic heterocycles. The first-order valence-electron chi connectivity index (χ1n) is 6.12. The quantitative estimate of drug-likeness (QED) is 0.779. The average molecular weight is 289 g/mol. The number of thiophene rings is 2. The van der Waals surface area contributed by atoms with E-state index in [-0.39, 0.29) is 0 Å². The lowest BCUT2D eigenvalue weighted by Crippen LogP contribution is -2.12. The van der Waals surface area contributed by atoms with Crippen molar-refractivity contribution in [1.82, 2.24) is 15.1 Å². The summed E-state index contributed by atoms with van der Waals surface area (Å²) in [5, 5.41) is 12.1. The van der Waals surface area contributed by atoms with E-state index in [0.717, 1.165) is 18.8 Å². The van der Waals surface area contributed by atoms with Crippen molar-refractivity contribution in [3.63, 3.8) is 0 Å². The molecule has 3 rings (SSSR count). The van der Waals surface area contributed by atoms with E-state index in [1.165, 1.54) is 15.3 Å². The Bertz CT molecular complexity index is 637. The zero-order valence-electron chi connectivity index (χ0n) is 10.7. The molecule has 3 aromatic rings. The molecule has 0 saturated heterocycles. The molecule has 0 unspecified atom stereocenters. The maximum atomic E-state index is 4.35. The summed E-state index contributed by atoms with van der Waals surface area (Å²) in [4.78, 5) is 2.70. The average Bonchev–Trinajstić information content (AvgIpc) is 3.09. The van der Waals surface area contributed by atoms with Crippen LogP contribution in [0.15, 0.2) is 41.2 Å². The minimum Gasteiger partial charge on any atom is -0.306 e. The highest BCUT2D eigenvalue weighted by molar-refractivity contribution is 7.14. The van der Waals surface area contributed by atoms with E-state index in [9.17, 15) is 0 Å². The lowest BCUT2D eigenvalue weighted by molar-refractivity contribution is 0.661. The number of aryl methyl sites for hydroxylation is 1. The first kappa shape index (κ1) is 12.6. The predicted octanol–water partition coefficient (Wildman–Crippen LogP) is 3.50. The second-order valence-corrected chi connectivity index (χ2v) is 6.31. The van der Waals surface area contributed by atoms with Crippen molar-refractivity contribution in [3.8, 4) is 10.4 Å². The molecule has 1 N–H and O–H groups in total. The van der Waals surface area contributed by atoms with Crippen LogP contribution in [-0.2, 0) is 20.1 Å². The standard InChI is InChI=1S/C14H15N3S2/c1-17-5-4-12(16-17)8-15-9-13-7-11(10-19-13)14-3-2-6-18-14/h2-7,10,15H,8-9H2,1H3. The SMILES string of the molecule is Cn1ccc(CNCc2cc(-c3cccs3)cs2)n1. The fraction of sp³-hybridized carbons (Fsp3) is 0.214. The fourth-order valence-corrected chi connectivity index (χ4v) is 3.56. The topological polar surface area (TPSA) is 29.9 Å². The summed E-state index contributed by atoms with van der Waals surface area (Å²) >= 11 is 3.59. The first-order valence-corrected chi connectivity index (χ1v) is 7.88. The minimum atomic E-state index is 0.813. The normalized spacial score (nSPS) is 11.0. The third-order valence-electron chi connectivity index (χ3n) is 2.83. The van der Waals surface area contributed by atoms with Gasteiger partial charge in [-0.1, -0.05) is 6.07 Å². The van der Waals surface area contributed by atoms with Gasteiger partial charge in [0.25, 0.3) is 0 Å². The van der Waals surface area contributed by atoms with Crippen LogP contribution in [0.3, 0.4) is 0 Å². The molecule has 0 aliphatic carbocycles. The van der Waals surface area contributed by atoms with E-state index in [2.05, 4.69) is 39.4 Å². The Labute approximate surface area is 120 Å². The molecule has 3 nitrogen and oxygen atoms in total. The maximum absolute atomic E-state index is 4.35. The van der Waals surface area contributed by atoms with Crippen molar-refractivity contribution in [1.29, 1.82) is 0 Å². The molecule has 0 saturated carbocycles. The zero-order chi connectivity index (χ0) is 13.1. The maximum Gasteiger partial charge on any atom is 0.0762 e. The van der Waals surface area contributed by atoms with Gasteiger partial charge in [0.1, 0.15) is 0 Å². The summed E-state index contributed by atoms with van der Waals surface area (Å²) in [7, 11) is 1.94. The Morgan fingerprint density at radius 2 is 2.21 bits per heavy atom. The van der Waals surface area contributed by atoms with Crippen molar-refractivity contribution in [2.45, 2.75) is 13.1 Å². The molecular formula is C14H15N3S2. The van der Waals surface area contributed by atoms with Crippen molar-refractivity contribution >= 4 is 22.7 Å². The van der Waals surface area contributed by atoms with Gasteiger partial charge in [0, 0.05) is 41.7 Å². The van der Waals surface area contributed by atoms with Gasteiger partial charge in [-0.25, -0.2) is 0 Å². The molecule has 0 aromatic carbocycles. The van der Waals surface area contributed by atoms with Crippen LogP contribution in [0, 0.1) is 0 Å². The molecule has 0 amide bonds. The van der Waals surface area contributed by atoms with Crippen LogP contribution in [0.1, 0.15) is 10.6 Å². The van der Waals surface area contributed by atoms with Gasteiger partial charge >= 0.3 is 0 Å². The number of nitrogens with one attached hydrogen (secondary N) is 1. The van der Waals surface area contributed by atoms with Crippen molar-refractivity contribution in [3.05, 3.63) is 51.8 Å². The minimum absolute atomic E-state index is 0.813. The molecule has 0 aliphatic rings. The van der Waals surface area contributed by atoms with E-state index in [4.69, 9.17) is 0 Å². The second kappa shape index (κ2) is 5.69. The van der Waals surface area contributed by atoms with E-state index >= 15 is 0 Å². The highest BCUT2D eigenvalue weighted by atomic mass is 32.1. The third-order valence-corrected chi connectivity index (χ3v) is 4.69. The Hall–Kier alpha value is -1.43. The summed E-state index contributed by atoms with van der Waals surface area (Å²) in [6.45, 7) is 1.71. The highest BCUT2D eigenvalue weighted by Gasteiger charge is 2.03. The molecule has 19 heavy (non-hydrogen) atoms. The number of hydrogen-bond acceptors (Lipinski definition) is 4. The first-order chi connectivity index (χ1) is 9.31. The summed E-state index contributed by atoms with van der Waals surface area (Å²) in [5.41, 5.74) is 2.41. The van der Waals surface area contributed by atoms with Crippen LogP contribution in [0.25, 0.3) is 10.4 Å². The van der Waals surface area contributed by atoms with Gasteiger partial charge in [0.15, 0.2) is 0 Å². The highest BCUT2D eigenvalue weighted by Crippen LogP contribution is 2.29. The van der Waals surface area contributed by atoms with Crippen LogP contribution in [-0.4, -0.2) is 9.78 Å². The lowest BCUT2D eigenvalue weighted by atomic mass is 10.2. The van der Waals surface area contributed by atoms with Gasteiger partial charge in [0.2, 0.25) is 0 Å². The molecular weight excluding hydrogens is 274 g/mol. The Morgan fingerprint density at radius 3 is 2.95 bits per heavy atom. The van der Waals surface area contributed by atoms with Gasteiger partial charge < -0.3 is 5.32 Å². The summed E-state index contributed by atoms with van der Waals surface area (Å²) in [5.74, 6) is 0. The zero-order valence-corrected chi connectivity index (χ0v) is 12.3. The van der Waals surface area contributed by atoms with Gasteiger partial charge in [-0.05, 0) is 29.0 Å². The van der Waals surface area contributed by atoms with Crippen molar-refractivity contribution in [2.75, 3.05) is 0 Å². The molecule has 0 bridgehead atoms. The van der Waals surface area contributed by atoms with Crippen molar-refractivity contribution < 1.29 is 0 Å². The summed E-state index contributed by atoms with van der Waals surface area (Å²) in [6, 6.07) is 8.56. The predicted molar refractivity (Wildman–Crippen MR) is 81.4 cm³/mol. The Kier molecular flexibility index (Phi) is 3.77. The van der Waals surface area contributed by atoms with Crippen molar-refractivity contribution in [2.24, 2.45) is 7.05 Å². The van der Waals surface area contributed by atoms with Gasteiger partial charge in [-0.15, -0.1) is 22.7 Å². The Morgan fingerprint density at radius 1 is 1.26 bits per heavy atom. The van der Waals surface area contributed by atoms with E-state index in [1.54, 1.807) is 22.7 Å². The van der Waals surface area contributed by atoms with Crippen LogP contribution < -0.4 is 5.32 Å². The number of hydrogen-bond donors (Lipinski definition) is 1. The van der Waals surface area contributed by atoms with E-state index < -0.39 is 0 Å². The van der Waals surface area contributed by atoms with Crippen LogP contribution >= 0.6 is 22.7 Å². The number of aromatic nitrogens is 2. The van der Waals surface area contributed by atoms with E-state index in [1.807, 2.05) is 24.0 Å². The number of rotatable bonds is 5. The van der Waals surface area contributed by atoms with Gasteiger partial charge in [-0.3, -0.25) is 4.68 Å². The molecule has 3 aromatic heterocycles. The summed E-state index contributed by atoms with van der Waals surface area (Å²) < 4.78 is 1.83. The van der Waals surface area contributed by atoms with Gasteiger partial charge in [-0.2, -0.15) is 5.10 Å². The molecule has 0 radical (unpaired) electrons. The molecule has 3 heterocycles. The largest absolute Gasteiger partial charge is 0.306 e. The number of nitrogens with zero attached hydrogens (tertiary/aromatic N) is 2. The molecule has 5 heteroatoms.